The van der Waals surface area contributed by atoms with Crippen LogP contribution in [0.2, 0.25) is 0 Å². The van der Waals surface area contributed by atoms with Crippen molar-refractivity contribution in [3.8, 4) is 28.7 Å². The Hall–Kier alpha value is -3.63. The number of aromatic nitrogens is 1. The fourth-order valence-corrected chi connectivity index (χ4v) is 3.49. The van der Waals surface area contributed by atoms with E-state index >= 15 is 0 Å². The van der Waals surface area contributed by atoms with Gasteiger partial charge >= 0.3 is 0 Å². The van der Waals surface area contributed by atoms with Gasteiger partial charge in [-0.3, -0.25) is 4.79 Å². The number of furan rings is 1. The summed E-state index contributed by atoms with van der Waals surface area (Å²) in [5.41, 5.74) is 3.53. The number of carbonyl (C=O) groups excluding carboxylic acids is 1. The highest BCUT2D eigenvalue weighted by Crippen LogP contribution is 2.35. The number of benzene rings is 1. The summed E-state index contributed by atoms with van der Waals surface area (Å²) in [6, 6.07) is 15.4. The summed E-state index contributed by atoms with van der Waals surface area (Å²) in [6.45, 7) is 5.88. The van der Waals surface area contributed by atoms with Crippen LogP contribution in [0.3, 0.4) is 0 Å². The predicted octanol–water partition coefficient (Wildman–Crippen LogP) is 3.98. The third-order valence-electron chi connectivity index (χ3n) is 4.93. The lowest BCUT2D eigenvalue weighted by Crippen LogP contribution is -2.37. The zero-order valence-corrected chi connectivity index (χ0v) is 16.9. The van der Waals surface area contributed by atoms with Gasteiger partial charge in [-0.1, -0.05) is 12.1 Å². The molecule has 0 aliphatic carbocycles. The quantitative estimate of drug-likeness (QED) is 0.710. The lowest BCUT2D eigenvalue weighted by molar-refractivity contribution is -0.114. The first-order valence-corrected chi connectivity index (χ1v) is 9.78. The molecule has 30 heavy (non-hydrogen) atoms. The summed E-state index contributed by atoms with van der Waals surface area (Å²) in [5.74, 6) is 1.93. The molecule has 1 fully saturated rings. The highest BCUT2D eigenvalue weighted by molar-refractivity contribution is 5.89. The van der Waals surface area contributed by atoms with Gasteiger partial charge in [0.25, 0.3) is 0 Å². The zero-order valence-electron chi connectivity index (χ0n) is 16.9. The lowest BCUT2D eigenvalue weighted by atomic mass is 10.0. The number of nitriles is 1. The summed E-state index contributed by atoms with van der Waals surface area (Å²) >= 11 is 0. The van der Waals surface area contributed by atoms with E-state index in [0.717, 1.165) is 22.7 Å². The van der Waals surface area contributed by atoms with E-state index < -0.39 is 0 Å². The van der Waals surface area contributed by atoms with Crippen LogP contribution in [0.15, 0.2) is 46.9 Å². The summed E-state index contributed by atoms with van der Waals surface area (Å²) in [6.07, 6.45) is 0. The van der Waals surface area contributed by atoms with Crippen LogP contribution in [-0.2, 0) is 9.53 Å². The maximum Gasteiger partial charge on any atom is 0.221 e. The smallest absolute Gasteiger partial charge is 0.221 e. The van der Waals surface area contributed by atoms with E-state index in [1.807, 2.05) is 49.4 Å². The van der Waals surface area contributed by atoms with E-state index in [1.54, 1.807) is 0 Å². The van der Waals surface area contributed by atoms with Crippen molar-refractivity contribution in [1.82, 2.24) is 4.98 Å². The molecule has 0 radical (unpaired) electrons. The lowest BCUT2D eigenvalue weighted by Gasteiger charge is -2.29. The van der Waals surface area contributed by atoms with E-state index in [-0.39, 0.29) is 5.91 Å². The van der Waals surface area contributed by atoms with E-state index in [4.69, 9.17) is 14.1 Å². The Morgan fingerprint density at radius 2 is 1.90 bits per heavy atom. The zero-order chi connectivity index (χ0) is 21.1. The van der Waals surface area contributed by atoms with Crippen LogP contribution >= 0.6 is 0 Å². The van der Waals surface area contributed by atoms with E-state index in [1.165, 1.54) is 6.92 Å². The summed E-state index contributed by atoms with van der Waals surface area (Å²) in [5, 5.41) is 12.7. The highest BCUT2D eigenvalue weighted by atomic mass is 16.5. The van der Waals surface area contributed by atoms with Crippen molar-refractivity contribution in [1.29, 1.82) is 5.26 Å². The molecule has 1 aliphatic heterocycles. The van der Waals surface area contributed by atoms with E-state index in [0.29, 0.717) is 49.0 Å². The summed E-state index contributed by atoms with van der Waals surface area (Å²) in [4.78, 5) is 18.2. The largest absolute Gasteiger partial charge is 0.461 e. The molecular formula is C23H22N4O3. The molecule has 0 saturated carbocycles. The Labute approximate surface area is 174 Å². The molecule has 7 heteroatoms. The van der Waals surface area contributed by atoms with Gasteiger partial charge in [0, 0.05) is 36.8 Å². The number of amides is 1. The standard InChI is InChI=1S/C23H22N4O3/c1-15-3-8-22(30-15)19-13-21(17-4-6-18(7-5-17)25-16(2)28)26-23(20(19)14-24)27-9-11-29-12-10-27/h3-8,13H,9-12H2,1-2H3,(H,25,28). The van der Waals surface area contributed by atoms with Crippen molar-refractivity contribution in [2.75, 3.05) is 36.5 Å². The second-order valence-corrected chi connectivity index (χ2v) is 7.13. The van der Waals surface area contributed by atoms with Gasteiger partial charge in [0.15, 0.2) is 0 Å². The monoisotopic (exact) mass is 402 g/mol. The third-order valence-corrected chi connectivity index (χ3v) is 4.93. The normalized spacial score (nSPS) is 13.7. The van der Waals surface area contributed by atoms with E-state index in [2.05, 4.69) is 16.3 Å². The Bertz CT molecular complexity index is 1110. The maximum atomic E-state index is 11.3. The maximum absolute atomic E-state index is 11.3. The minimum absolute atomic E-state index is 0.121. The molecule has 4 rings (SSSR count). The molecule has 1 amide bonds. The van der Waals surface area contributed by atoms with Crippen LogP contribution < -0.4 is 10.2 Å². The third kappa shape index (κ3) is 4.04. The first-order chi connectivity index (χ1) is 14.5. The SMILES string of the molecule is CC(=O)Nc1ccc(-c2cc(-c3ccc(C)o3)c(C#N)c(N3CCOCC3)n2)cc1. The molecule has 0 atom stereocenters. The Kier molecular flexibility index (Phi) is 5.50. The first kappa shape index (κ1) is 19.7. The molecule has 152 valence electrons. The van der Waals surface area contributed by atoms with Crippen LogP contribution in [-0.4, -0.2) is 37.2 Å². The number of pyridine rings is 1. The van der Waals surface area contributed by atoms with Gasteiger partial charge in [0.2, 0.25) is 5.91 Å². The molecule has 1 aromatic carbocycles. The predicted molar refractivity (Wildman–Crippen MR) is 114 cm³/mol. The number of anilines is 2. The van der Waals surface area contributed by atoms with Crippen molar-refractivity contribution in [3.05, 3.63) is 53.8 Å². The van der Waals surface area contributed by atoms with Gasteiger partial charge in [-0.2, -0.15) is 5.26 Å². The molecule has 1 saturated heterocycles. The van der Waals surface area contributed by atoms with Crippen molar-refractivity contribution in [2.45, 2.75) is 13.8 Å². The number of carbonyl (C=O) groups is 1. The first-order valence-electron chi connectivity index (χ1n) is 9.78. The molecule has 1 aliphatic rings. The Morgan fingerprint density at radius 3 is 2.50 bits per heavy atom. The molecule has 1 N–H and O–H groups in total. The highest BCUT2D eigenvalue weighted by Gasteiger charge is 2.23. The number of nitrogens with one attached hydrogen (secondary N) is 1. The number of nitrogens with zero attached hydrogens (tertiary/aromatic N) is 3. The van der Waals surface area contributed by atoms with Crippen molar-refractivity contribution in [2.24, 2.45) is 0 Å². The van der Waals surface area contributed by atoms with Crippen LogP contribution in [0.5, 0.6) is 0 Å². The second kappa shape index (κ2) is 8.39. The number of aryl methyl sites for hydroxylation is 1. The van der Waals surface area contributed by atoms with Crippen LogP contribution in [0, 0.1) is 18.3 Å². The van der Waals surface area contributed by atoms with E-state index in [9.17, 15) is 10.1 Å². The molecule has 3 aromatic rings. The number of hydrogen-bond acceptors (Lipinski definition) is 6. The molecule has 7 nitrogen and oxygen atoms in total. The summed E-state index contributed by atoms with van der Waals surface area (Å²) in [7, 11) is 0. The average molecular weight is 402 g/mol. The molecule has 3 heterocycles. The number of ether oxygens (including phenoxy) is 1. The topological polar surface area (TPSA) is 91.4 Å². The molecule has 0 bridgehead atoms. The van der Waals surface area contributed by atoms with Gasteiger partial charge in [-0.15, -0.1) is 0 Å². The van der Waals surface area contributed by atoms with Gasteiger partial charge < -0.3 is 19.4 Å². The molecule has 0 unspecified atom stereocenters. The van der Waals surface area contributed by atoms with Crippen LogP contribution in [0.25, 0.3) is 22.6 Å². The minimum Gasteiger partial charge on any atom is -0.461 e. The second-order valence-electron chi connectivity index (χ2n) is 7.13. The fraction of sp³-hybridized carbons (Fsp3) is 0.261. The Balaban J connectivity index is 1.84. The molecule has 0 spiro atoms. The fourth-order valence-electron chi connectivity index (χ4n) is 3.49. The van der Waals surface area contributed by atoms with Crippen molar-refractivity contribution < 1.29 is 13.9 Å². The van der Waals surface area contributed by atoms with Gasteiger partial charge in [-0.25, -0.2) is 4.98 Å². The van der Waals surface area contributed by atoms with Crippen molar-refractivity contribution >= 4 is 17.4 Å². The average Bonchev–Trinajstić information content (AvgIpc) is 3.19. The number of rotatable bonds is 4. The Morgan fingerprint density at radius 1 is 1.17 bits per heavy atom. The summed E-state index contributed by atoms with van der Waals surface area (Å²) < 4.78 is 11.3. The number of hydrogen-bond donors (Lipinski definition) is 1. The van der Waals surface area contributed by atoms with Crippen LogP contribution in [0.1, 0.15) is 18.2 Å². The minimum atomic E-state index is -0.121. The molecular weight excluding hydrogens is 380 g/mol. The van der Waals surface area contributed by atoms with Gasteiger partial charge in [0.05, 0.1) is 18.9 Å². The van der Waals surface area contributed by atoms with Crippen molar-refractivity contribution in [3.63, 3.8) is 0 Å². The number of morpholine rings is 1. The van der Waals surface area contributed by atoms with Gasteiger partial charge in [-0.05, 0) is 37.3 Å². The van der Waals surface area contributed by atoms with Gasteiger partial charge in [0.1, 0.15) is 29.0 Å². The molecule has 2 aromatic heterocycles. The van der Waals surface area contributed by atoms with Crippen LogP contribution in [0.4, 0.5) is 11.5 Å².